The minimum atomic E-state index is -3.40. The topological polar surface area (TPSA) is 75.7 Å². The Morgan fingerprint density at radius 2 is 2.00 bits per heavy atom. The molecule has 2 aliphatic rings. The molecule has 0 aromatic rings. The lowest BCUT2D eigenvalue weighted by Gasteiger charge is -2.26. The predicted molar refractivity (Wildman–Crippen MR) is 71.1 cm³/mol. The predicted octanol–water partition coefficient (Wildman–Crippen LogP) is -0.0468. The molecule has 2 unspecified atom stereocenters. The zero-order valence-electron chi connectivity index (χ0n) is 11.3. The van der Waals surface area contributed by atoms with Crippen LogP contribution in [0.3, 0.4) is 0 Å². The fraction of sp³-hybridized carbons (Fsp3) is 0.917. The third kappa shape index (κ3) is 3.09. The van der Waals surface area contributed by atoms with Crippen LogP contribution >= 0.6 is 0 Å². The van der Waals surface area contributed by atoms with Gasteiger partial charge in [0.25, 0.3) is 0 Å². The van der Waals surface area contributed by atoms with Gasteiger partial charge in [-0.05, 0) is 25.8 Å². The normalized spacial score (nSPS) is 29.9. The van der Waals surface area contributed by atoms with Crippen molar-refractivity contribution in [2.24, 2.45) is 5.92 Å². The van der Waals surface area contributed by atoms with E-state index in [9.17, 15) is 13.2 Å². The Morgan fingerprint density at radius 1 is 1.21 bits per heavy atom. The van der Waals surface area contributed by atoms with Gasteiger partial charge < -0.3 is 10.1 Å². The van der Waals surface area contributed by atoms with Crippen LogP contribution in [0.2, 0.25) is 0 Å². The van der Waals surface area contributed by atoms with Gasteiger partial charge in [0.1, 0.15) is 0 Å². The summed E-state index contributed by atoms with van der Waals surface area (Å²) in [7, 11) is -2.08. The molecule has 0 spiro atoms. The maximum atomic E-state index is 12.7. The Labute approximate surface area is 114 Å². The molecule has 1 N–H and O–H groups in total. The molecule has 2 rings (SSSR count). The summed E-state index contributed by atoms with van der Waals surface area (Å²) < 4.78 is 31.6. The summed E-state index contributed by atoms with van der Waals surface area (Å²) in [5.74, 6) is -0.884. The average Bonchev–Trinajstić information content (AvgIpc) is 2.73. The third-order valence-electron chi connectivity index (χ3n) is 4.00. The summed E-state index contributed by atoms with van der Waals surface area (Å²) in [5.41, 5.74) is 0. The maximum Gasteiger partial charge on any atom is 0.310 e. The summed E-state index contributed by atoms with van der Waals surface area (Å²) in [5, 5.41) is 2.59. The fourth-order valence-electron chi connectivity index (χ4n) is 2.97. The molecule has 1 heterocycles. The smallest absolute Gasteiger partial charge is 0.310 e. The molecule has 0 aromatic carbocycles. The molecule has 6 nitrogen and oxygen atoms in total. The van der Waals surface area contributed by atoms with Gasteiger partial charge in [0.2, 0.25) is 10.0 Å². The number of sulfonamides is 1. The number of esters is 1. The van der Waals surface area contributed by atoms with Crippen molar-refractivity contribution in [3.63, 3.8) is 0 Å². The first-order valence-corrected chi connectivity index (χ1v) is 8.35. The highest BCUT2D eigenvalue weighted by molar-refractivity contribution is 7.89. The minimum absolute atomic E-state index is 0.390. The van der Waals surface area contributed by atoms with Crippen molar-refractivity contribution in [3.8, 4) is 0 Å². The number of nitrogens with zero attached hydrogens (tertiary/aromatic N) is 1. The Bertz CT molecular complexity index is 415. The number of nitrogens with one attached hydrogen (secondary N) is 1. The molecule has 110 valence electrons. The molecule has 0 bridgehead atoms. The molecule has 2 atom stereocenters. The van der Waals surface area contributed by atoms with Gasteiger partial charge in [-0.25, -0.2) is 12.7 Å². The van der Waals surface area contributed by atoms with Crippen molar-refractivity contribution in [2.45, 2.75) is 30.9 Å². The van der Waals surface area contributed by atoms with Crippen LogP contribution in [0.15, 0.2) is 0 Å². The molecule has 1 saturated carbocycles. The summed E-state index contributed by atoms with van der Waals surface area (Å²) in [4.78, 5) is 11.7. The lowest BCUT2D eigenvalue weighted by Crippen LogP contribution is -2.43. The Kier molecular flexibility index (Phi) is 4.81. The fourth-order valence-corrected chi connectivity index (χ4v) is 5.21. The van der Waals surface area contributed by atoms with Crippen molar-refractivity contribution in [1.29, 1.82) is 0 Å². The Morgan fingerprint density at radius 3 is 2.74 bits per heavy atom. The molecule has 1 saturated heterocycles. The number of hydrogen-bond donors (Lipinski definition) is 1. The highest BCUT2D eigenvalue weighted by Gasteiger charge is 2.44. The van der Waals surface area contributed by atoms with Crippen LogP contribution < -0.4 is 5.32 Å². The van der Waals surface area contributed by atoms with Gasteiger partial charge in [-0.3, -0.25) is 4.79 Å². The van der Waals surface area contributed by atoms with Crippen molar-refractivity contribution in [3.05, 3.63) is 0 Å². The lowest BCUT2D eigenvalue weighted by atomic mass is 10.1. The summed E-state index contributed by atoms with van der Waals surface area (Å²) in [6.45, 7) is 2.55. The second-order valence-corrected chi connectivity index (χ2v) is 7.30. The second-order valence-electron chi connectivity index (χ2n) is 5.15. The van der Waals surface area contributed by atoms with Crippen molar-refractivity contribution in [2.75, 3.05) is 33.3 Å². The largest absolute Gasteiger partial charge is 0.469 e. The molecule has 0 aromatic heterocycles. The third-order valence-corrected chi connectivity index (χ3v) is 6.41. The van der Waals surface area contributed by atoms with E-state index in [0.717, 1.165) is 19.4 Å². The summed E-state index contributed by atoms with van der Waals surface area (Å²) >= 11 is 0. The van der Waals surface area contributed by atoms with E-state index in [2.05, 4.69) is 5.32 Å². The summed E-state index contributed by atoms with van der Waals surface area (Å²) in [6, 6.07) is 0. The Hall–Kier alpha value is -0.660. The molecule has 0 radical (unpaired) electrons. The van der Waals surface area contributed by atoms with Gasteiger partial charge in [0.15, 0.2) is 0 Å². The maximum absolute atomic E-state index is 12.7. The van der Waals surface area contributed by atoms with Gasteiger partial charge in [-0.15, -0.1) is 0 Å². The zero-order valence-corrected chi connectivity index (χ0v) is 12.1. The number of ether oxygens (including phenoxy) is 1. The molecular weight excluding hydrogens is 268 g/mol. The van der Waals surface area contributed by atoms with Crippen LogP contribution in [-0.2, 0) is 19.6 Å². The van der Waals surface area contributed by atoms with Gasteiger partial charge in [0.05, 0.1) is 18.3 Å². The summed E-state index contributed by atoms with van der Waals surface area (Å²) in [6.07, 6.45) is 2.76. The van der Waals surface area contributed by atoms with Crippen LogP contribution in [0.4, 0.5) is 0 Å². The second kappa shape index (κ2) is 6.19. The van der Waals surface area contributed by atoms with Gasteiger partial charge in [-0.2, -0.15) is 0 Å². The van der Waals surface area contributed by atoms with E-state index in [1.54, 1.807) is 4.31 Å². The van der Waals surface area contributed by atoms with E-state index in [0.29, 0.717) is 32.5 Å². The van der Waals surface area contributed by atoms with Crippen molar-refractivity contribution in [1.82, 2.24) is 9.62 Å². The molecule has 2 fully saturated rings. The van der Waals surface area contributed by atoms with Gasteiger partial charge in [0, 0.05) is 19.6 Å². The standard InChI is InChI=1S/C12H22N2O4S/c1-18-12(15)10-4-2-5-11(10)19(16,17)14-8-3-6-13-7-9-14/h10-11,13H,2-9H2,1H3. The van der Waals surface area contributed by atoms with Crippen LogP contribution in [0.1, 0.15) is 25.7 Å². The van der Waals surface area contributed by atoms with Crippen molar-refractivity contribution < 1.29 is 17.9 Å². The molecule has 7 heteroatoms. The number of carbonyl (C=O) groups excluding carboxylic acids is 1. The Balaban J connectivity index is 2.15. The molecular formula is C12H22N2O4S. The van der Waals surface area contributed by atoms with E-state index < -0.39 is 21.2 Å². The first-order valence-electron chi connectivity index (χ1n) is 6.85. The highest BCUT2D eigenvalue weighted by atomic mass is 32.2. The van der Waals surface area contributed by atoms with Gasteiger partial charge in [-0.1, -0.05) is 6.42 Å². The number of carbonyl (C=O) groups is 1. The van der Waals surface area contributed by atoms with E-state index >= 15 is 0 Å². The van der Waals surface area contributed by atoms with Crippen LogP contribution in [0, 0.1) is 5.92 Å². The van der Waals surface area contributed by atoms with Crippen LogP contribution in [-0.4, -0.2) is 57.2 Å². The van der Waals surface area contributed by atoms with Crippen molar-refractivity contribution >= 4 is 16.0 Å². The van der Waals surface area contributed by atoms with E-state index in [1.165, 1.54) is 7.11 Å². The first-order chi connectivity index (χ1) is 9.07. The quantitative estimate of drug-likeness (QED) is 0.738. The number of methoxy groups -OCH3 is 1. The zero-order chi connectivity index (χ0) is 13.9. The number of rotatable bonds is 3. The molecule has 0 amide bonds. The first kappa shape index (κ1) is 14.7. The monoisotopic (exact) mass is 290 g/mol. The van der Waals surface area contributed by atoms with Gasteiger partial charge >= 0.3 is 5.97 Å². The van der Waals surface area contributed by atoms with E-state index in [1.807, 2.05) is 0 Å². The minimum Gasteiger partial charge on any atom is -0.469 e. The molecule has 1 aliphatic heterocycles. The highest BCUT2D eigenvalue weighted by Crippen LogP contribution is 2.33. The van der Waals surface area contributed by atoms with E-state index in [4.69, 9.17) is 4.74 Å². The van der Waals surface area contributed by atoms with E-state index in [-0.39, 0.29) is 5.97 Å². The number of hydrogen-bond acceptors (Lipinski definition) is 5. The SMILES string of the molecule is COC(=O)C1CCCC1S(=O)(=O)N1CCCNCC1. The average molecular weight is 290 g/mol. The lowest BCUT2D eigenvalue weighted by molar-refractivity contribution is -0.145. The van der Waals surface area contributed by atoms with Crippen LogP contribution in [0.25, 0.3) is 0 Å². The van der Waals surface area contributed by atoms with Crippen LogP contribution in [0.5, 0.6) is 0 Å². The molecule has 19 heavy (non-hydrogen) atoms. The molecule has 1 aliphatic carbocycles.